The smallest absolute Gasteiger partial charge is 0.258 e. The van der Waals surface area contributed by atoms with Crippen molar-refractivity contribution in [1.82, 2.24) is 0 Å². The monoisotopic (exact) mass is 262 g/mol. The molecule has 0 aliphatic carbocycles. The number of hydrogen-bond donors (Lipinski definition) is 2. The molecule has 19 heavy (non-hydrogen) atoms. The minimum absolute atomic E-state index is 0.0416. The molecular weight excluding hydrogens is 250 g/mol. The van der Waals surface area contributed by atoms with Crippen molar-refractivity contribution in [2.24, 2.45) is 0 Å². The fourth-order valence-electron chi connectivity index (χ4n) is 1.64. The Hall–Kier alpha value is -2.43. The van der Waals surface area contributed by atoms with Gasteiger partial charge in [0.05, 0.1) is 11.3 Å². The number of benzene rings is 2. The number of halogens is 2. The highest BCUT2D eigenvalue weighted by molar-refractivity contribution is 6.04. The first-order valence-corrected chi connectivity index (χ1v) is 5.60. The molecule has 2 aromatic carbocycles. The second-order valence-corrected chi connectivity index (χ2v) is 4.18. The Bertz CT molecular complexity index is 641. The highest BCUT2D eigenvalue weighted by atomic mass is 19.1. The number of amides is 1. The number of hydrogen-bond acceptors (Lipinski definition) is 2. The molecule has 0 fully saturated rings. The normalized spacial score (nSPS) is 10.3. The molecule has 0 unspecified atom stereocenters. The summed E-state index contributed by atoms with van der Waals surface area (Å²) >= 11 is 0. The summed E-state index contributed by atoms with van der Waals surface area (Å²) < 4.78 is 27.0. The van der Waals surface area contributed by atoms with Gasteiger partial charge in [0.15, 0.2) is 0 Å². The number of nitrogen functional groups attached to an aromatic ring is 1. The lowest BCUT2D eigenvalue weighted by Gasteiger charge is -2.08. The van der Waals surface area contributed by atoms with Crippen LogP contribution >= 0.6 is 0 Å². The van der Waals surface area contributed by atoms with Crippen molar-refractivity contribution in [2.75, 3.05) is 11.1 Å². The Morgan fingerprint density at radius 1 is 1.11 bits per heavy atom. The van der Waals surface area contributed by atoms with Gasteiger partial charge in [0.25, 0.3) is 5.91 Å². The van der Waals surface area contributed by atoms with E-state index in [2.05, 4.69) is 5.32 Å². The van der Waals surface area contributed by atoms with Crippen LogP contribution in [0.5, 0.6) is 0 Å². The molecular formula is C14H12F2N2O. The Kier molecular flexibility index (Phi) is 3.46. The van der Waals surface area contributed by atoms with Crippen LogP contribution in [0.25, 0.3) is 0 Å². The number of nitrogens with two attached hydrogens (primary N) is 1. The quantitative estimate of drug-likeness (QED) is 0.817. The van der Waals surface area contributed by atoms with E-state index in [9.17, 15) is 13.6 Å². The van der Waals surface area contributed by atoms with Crippen LogP contribution in [0, 0.1) is 18.6 Å². The lowest BCUT2D eigenvalue weighted by molar-refractivity contribution is 0.102. The highest BCUT2D eigenvalue weighted by Gasteiger charge is 2.13. The van der Waals surface area contributed by atoms with E-state index >= 15 is 0 Å². The number of rotatable bonds is 2. The van der Waals surface area contributed by atoms with Gasteiger partial charge in [-0.2, -0.15) is 0 Å². The number of carbonyl (C=O) groups excluding carboxylic acids is 1. The van der Waals surface area contributed by atoms with Gasteiger partial charge in [0, 0.05) is 5.69 Å². The lowest BCUT2D eigenvalue weighted by Crippen LogP contribution is -2.15. The molecule has 98 valence electrons. The molecule has 0 saturated carbocycles. The van der Waals surface area contributed by atoms with Crippen LogP contribution in [0.2, 0.25) is 0 Å². The van der Waals surface area contributed by atoms with Crippen molar-refractivity contribution >= 4 is 17.3 Å². The summed E-state index contributed by atoms with van der Waals surface area (Å²) in [5, 5.41) is 2.31. The molecule has 0 atom stereocenters. The van der Waals surface area contributed by atoms with Crippen molar-refractivity contribution in [3.8, 4) is 0 Å². The van der Waals surface area contributed by atoms with Crippen LogP contribution < -0.4 is 11.1 Å². The summed E-state index contributed by atoms with van der Waals surface area (Å²) in [6.45, 7) is 1.74. The van der Waals surface area contributed by atoms with Gasteiger partial charge in [-0.3, -0.25) is 4.79 Å². The zero-order valence-corrected chi connectivity index (χ0v) is 10.2. The highest BCUT2D eigenvalue weighted by Crippen LogP contribution is 2.19. The molecule has 2 rings (SSSR count). The Labute approximate surface area is 109 Å². The van der Waals surface area contributed by atoms with Crippen molar-refractivity contribution in [2.45, 2.75) is 6.92 Å². The van der Waals surface area contributed by atoms with Gasteiger partial charge in [-0.1, -0.05) is 11.6 Å². The standard InChI is InChI=1S/C14H12F2N2O/c1-8-2-4-11(15)10(6-8)14(19)18-13-5-3-9(17)7-12(13)16/h2-7H,17H2,1H3,(H,18,19). The van der Waals surface area contributed by atoms with Crippen molar-refractivity contribution in [3.63, 3.8) is 0 Å². The predicted molar refractivity (Wildman–Crippen MR) is 69.9 cm³/mol. The van der Waals surface area contributed by atoms with Gasteiger partial charge in [-0.15, -0.1) is 0 Å². The van der Waals surface area contributed by atoms with Crippen LogP contribution in [-0.4, -0.2) is 5.91 Å². The molecule has 2 aromatic rings. The van der Waals surface area contributed by atoms with Gasteiger partial charge < -0.3 is 11.1 Å². The molecule has 0 saturated heterocycles. The molecule has 0 heterocycles. The maximum absolute atomic E-state index is 13.5. The Morgan fingerprint density at radius 2 is 1.84 bits per heavy atom. The van der Waals surface area contributed by atoms with E-state index in [1.165, 1.54) is 24.3 Å². The van der Waals surface area contributed by atoms with Gasteiger partial charge >= 0.3 is 0 Å². The summed E-state index contributed by atoms with van der Waals surface area (Å²) in [5.41, 5.74) is 6.22. The summed E-state index contributed by atoms with van der Waals surface area (Å²) in [6, 6.07) is 8.02. The molecule has 0 spiro atoms. The van der Waals surface area contributed by atoms with Crippen LogP contribution in [0.3, 0.4) is 0 Å². The summed E-state index contributed by atoms with van der Waals surface area (Å²) in [4.78, 5) is 11.9. The third-order valence-electron chi connectivity index (χ3n) is 2.61. The lowest BCUT2D eigenvalue weighted by atomic mass is 10.1. The SMILES string of the molecule is Cc1ccc(F)c(C(=O)Nc2ccc(N)cc2F)c1. The Balaban J connectivity index is 2.28. The third-order valence-corrected chi connectivity index (χ3v) is 2.61. The second kappa shape index (κ2) is 5.06. The molecule has 0 bridgehead atoms. The topological polar surface area (TPSA) is 55.1 Å². The van der Waals surface area contributed by atoms with Crippen LogP contribution in [0.1, 0.15) is 15.9 Å². The minimum Gasteiger partial charge on any atom is -0.399 e. The summed E-state index contributed by atoms with van der Waals surface area (Å²) in [5.74, 6) is -2.02. The van der Waals surface area contributed by atoms with E-state index in [0.29, 0.717) is 0 Å². The maximum atomic E-state index is 13.5. The van der Waals surface area contributed by atoms with E-state index in [4.69, 9.17) is 5.73 Å². The molecule has 3 nitrogen and oxygen atoms in total. The van der Waals surface area contributed by atoms with Crippen LogP contribution in [-0.2, 0) is 0 Å². The zero-order chi connectivity index (χ0) is 14.0. The maximum Gasteiger partial charge on any atom is 0.258 e. The van der Waals surface area contributed by atoms with E-state index in [1.807, 2.05) is 0 Å². The largest absolute Gasteiger partial charge is 0.399 e. The molecule has 1 amide bonds. The van der Waals surface area contributed by atoms with Gasteiger partial charge in [-0.25, -0.2) is 8.78 Å². The first-order valence-electron chi connectivity index (χ1n) is 5.60. The van der Waals surface area contributed by atoms with E-state index in [1.54, 1.807) is 13.0 Å². The third kappa shape index (κ3) is 2.88. The Morgan fingerprint density at radius 3 is 2.53 bits per heavy atom. The van der Waals surface area contributed by atoms with Crippen LogP contribution in [0.4, 0.5) is 20.2 Å². The first kappa shape index (κ1) is 13.0. The first-order chi connectivity index (χ1) is 8.97. The second-order valence-electron chi connectivity index (χ2n) is 4.18. The fraction of sp³-hybridized carbons (Fsp3) is 0.0714. The van der Waals surface area contributed by atoms with Crippen molar-refractivity contribution in [1.29, 1.82) is 0 Å². The van der Waals surface area contributed by atoms with Gasteiger partial charge in [0.2, 0.25) is 0 Å². The molecule has 0 aliphatic heterocycles. The average Bonchev–Trinajstić information content (AvgIpc) is 2.35. The van der Waals surface area contributed by atoms with E-state index < -0.39 is 17.5 Å². The number of aryl methyl sites for hydroxylation is 1. The van der Waals surface area contributed by atoms with Crippen molar-refractivity contribution < 1.29 is 13.6 Å². The molecule has 0 radical (unpaired) electrons. The zero-order valence-electron chi connectivity index (χ0n) is 10.2. The van der Waals surface area contributed by atoms with Gasteiger partial charge in [0.1, 0.15) is 11.6 Å². The predicted octanol–water partition coefficient (Wildman–Crippen LogP) is 3.11. The van der Waals surface area contributed by atoms with Gasteiger partial charge in [-0.05, 0) is 37.3 Å². The van der Waals surface area contributed by atoms with E-state index in [-0.39, 0.29) is 16.9 Å². The minimum atomic E-state index is -0.704. The van der Waals surface area contributed by atoms with Crippen LogP contribution in [0.15, 0.2) is 36.4 Å². The number of nitrogens with one attached hydrogen (secondary N) is 1. The number of carbonyl (C=O) groups is 1. The number of anilines is 2. The summed E-state index contributed by atoms with van der Waals surface area (Å²) in [6.07, 6.45) is 0. The average molecular weight is 262 g/mol. The molecule has 0 aliphatic rings. The van der Waals surface area contributed by atoms with E-state index in [0.717, 1.165) is 11.6 Å². The summed E-state index contributed by atoms with van der Waals surface area (Å²) in [7, 11) is 0. The van der Waals surface area contributed by atoms with Crippen molar-refractivity contribution in [3.05, 3.63) is 59.2 Å². The molecule has 3 N–H and O–H groups in total. The molecule has 0 aromatic heterocycles. The molecule has 5 heteroatoms. The fourth-order valence-corrected chi connectivity index (χ4v) is 1.64.